The van der Waals surface area contributed by atoms with Crippen LogP contribution in [-0.4, -0.2) is 72.9 Å². The molecule has 1 aliphatic rings. The lowest BCUT2D eigenvalue weighted by molar-refractivity contribution is -0.222. The van der Waals surface area contributed by atoms with Gasteiger partial charge in [-0.15, -0.1) is 0 Å². The first-order chi connectivity index (χ1) is 26.7. The van der Waals surface area contributed by atoms with Gasteiger partial charge in [0.1, 0.15) is 36.6 Å². The molecule has 9 heteroatoms. The van der Waals surface area contributed by atoms with Crippen LogP contribution in [0.15, 0.2) is 152 Å². The van der Waals surface area contributed by atoms with Crippen molar-refractivity contribution in [2.75, 3.05) is 19.8 Å². The van der Waals surface area contributed by atoms with Crippen LogP contribution in [0.2, 0.25) is 0 Å². The standard InChI is InChI=1S/C45H50O9/c46-26-39(49-28-35-18-8-2-9-19-35)43(51-30-37-22-12-4-13-23-37)41(50-29-36-20-10-3-11-21-36)33-53-45-44(52-31-38-24-14-5-15-25-38)42(47)40(54-45)32-48-27-34-16-6-1-7-17-34/h1-25,39-47H,26-33H2/t39-,40-,41+,42-,43-,44-,45-/m1/s1. The van der Waals surface area contributed by atoms with E-state index in [4.69, 9.17) is 33.2 Å². The van der Waals surface area contributed by atoms with Gasteiger partial charge in [0.25, 0.3) is 0 Å². The van der Waals surface area contributed by atoms with Crippen molar-refractivity contribution in [2.24, 2.45) is 0 Å². The number of aliphatic hydroxyl groups is 2. The molecule has 0 aliphatic carbocycles. The fraction of sp³-hybridized carbons (Fsp3) is 0.333. The summed E-state index contributed by atoms with van der Waals surface area (Å²) in [5.41, 5.74) is 4.85. The van der Waals surface area contributed by atoms with Crippen molar-refractivity contribution in [2.45, 2.75) is 75.9 Å². The number of hydrogen-bond donors (Lipinski definition) is 2. The Morgan fingerprint density at radius 1 is 0.500 bits per heavy atom. The zero-order valence-electron chi connectivity index (χ0n) is 30.4. The monoisotopic (exact) mass is 734 g/mol. The molecule has 0 unspecified atom stereocenters. The average molecular weight is 735 g/mol. The van der Waals surface area contributed by atoms with E-state index in [0.717, 1.165) is 27.8 Å². The van der Waals surface area contributed by atoms with Gasteiger partial charge in [-0.05, 0) is 27.8 Å². The molecule has 0 aromatic heterocycles. The molecule has 1 fully saturated rings. The third kappa shape index (κ3) is 12.1. The largest absolute Gasteiger partial charge is 0.394 e. The van der Waals surface area contributed by atoms with Crippen molar-refractivity contribution < 1.29 is 43.4 Å². The fourth-order valence-corrected chi connectivity index (χ4v) is 6.24. The van der Waals surface area contributed by atoms with Crippen molar-refractivity contribution >= 4 is 0 Å². The summed E-state index contributed by atoms with van der Waals surface area (Å²) < 4.78 is 44.6. The minimum Gasteiger partial charge on any atom is -0.394 e. The summed E-state index contributed by atoms with van der Waals surface area (Å²) in [5, 5.41) is 22.3. The predicted octanol–water partition coefficient (Wildman–Crippen LogP) is 6.64. The van der Waals surface area contributed by atoms with Crippen LogP contribution in [-0.2, 0) is 66.2 Å². The molecule has 1 saturated heterocycles. The molecule has 0 amide bonds. The Morgan fingerprint density at radius 2 is 0.926 bits per heavy atom. The normalized spacial score (nSPS) is 20.0. The van der Waals surface area contributed by atoms with Gasteiger partial charge in [-0.2, -0.15) is 0 Å². The van der Waals surface area contributed by atoms with Crippen LogP contribution >= 0.6 is 0 Å². The van der Waals surface area contributed by atoms with Gasteiger partial charge in [-0.25, -0.2) is 0 Å². The zero-order chi connectivity index (χ0) is 37.2. The molecule has 54 heavy (non-hydrogen) atoms. The highest BCUT2D eigenvalue weighted by molar-refractivity contribution is 5.17. The summed E-state index contributed by atoms with van der Waals surface area (Å²) in [4.78, 5) is 0. The molecule has 9 nitrogen and oxygen atoms in total. The Kier molecular flexibility index (Phi) is 15.8. The predicted molar refractivity (Wildman–Crippen MR) is 204 cm³/mol. The molecular weight excluding hydrogens is 684 g/mol. The highest BCUT2D eigenvalue weighted by atomic mass is 16.7. The number of aliphatic hydroxyl groups excluding tert-OH is 2. The van der Waals surface area contributed by atoms with Crippen LogP contribution in [0, 0.1) is 0 Å². The van der Waals surface area contributed by atoms with Crippen LogP contribution < -0.4 is 0 Å². The smallest absolute Gasteiger partial charge is 0.187 e. The van der Waals surface area contributed by atoms with E-state index in [2.05, 4.69) is 0 Å². The third-order valence-corrected chi connectivity index (χ3v) is 9.21. The SMILES string of the molecule is OC[C@@H](OCc1ccccc1)[C@@H](OCc1ccccc1)[C@H](CO[C@@H]1O[C@H](COCc2ccccc2)[C@@H](O)[C@H]1OCc1ccccc1)OCc1ccccc1. The van der Waals surface area contributed by atoms with E-state index in [1.807, 2.05) is 152 Å². The topological polar surface area (TPSA) is 105 Å². The van der Waals surface area contributed by atoms with Crippen molar-refractivity contribution in [1.29, 1.82) is 0 Å². The highest BCUT2D eigenvalue weighted by Gasteiger charge is 2.46. The Bertz CT molecular complexity index is 1710. The summed E-state index contributed by atoms with van der Waals surface area (Å²) >= 11 is 0. The molecule has 1 aliphatic heterocycles. The van der Waals surface area contributed by atoms with E-state index < -0.39 is 42.9 Å². The summed E-state index contributed by atoms with van der Waals surface area (Å²) in [5.74, 6) is 0. The number of hydrogen-bond acceptors (Lipinski definition) is 9. The van der Waals surface area contributed by atoms with Crippen molar-refractivity contribution in [3.8, 4) is 0 Å². The van der Waals surface area contributed by atoms with E-state index >= 15 is 0 Å². The molecule has 7 atom stereocenters. The van der Waals surface area contributed by atoms with Crippen molar-refractivity contribution in [1.82, 2.24) is 0 Å². The van der Waals surface area contributed by atoms with Crippen LogP contribution in [0.4, 0.5) is 0 Å². The molecule has 0 bridgehead atoms. The lowest BCUT2D eigenvalue weighted by Crippen LogP contribution is -2.48. The number of rotatable bonds is 22. The van der Waals surface area contributed by atoms with Gasteiger partial charge in [0.05, 0.1) is 52.9 Å². The van der Waals surface area contributed by atoms with Gasteiger partial charge in [0.15, 0.2) is 6.29 Å². The van der Waals surface area contributed by atoms with Crippen molar-refractivity contribution in [3.05, 3.63) is 179 Å². The molecule has 5 aromatic rings. The molecule has 6 rings (SSSR count). The number of benzene rings is 5. The highest BCUT2D eigenvalue weighted by Crippen LogP contribution is 2.28. The molecule has 284 valence electrons. The molecule has 0 radical (unpaired) electrons. The number of ether oxygens (including phenoxy) is 7. The second-order valence-corrected chi connectivity index (χ2v) is 13.2. The maximum absolute atomic E-state index is 11.5. The first-order valence-electron chi connectivity index (χ1n) is 18.5. The Hall–Kier alpha value is -4.26. The zero-order valence-corrected chi connectivity index (χ0v) is 30.4. The van der Waals surface area contributed by atoms with Gasteiger partial charge < -0.3 is 43.4 Å². The molecule has 2 N–H and O–H groups in total. The Morgan fingerprint density at radius 3 is 1.41 bits per heavy atom. The third-order valence-electron chi connectivity index (χ3n) is 9.21. The van der Waals surface area contributed by atoms with Gasteiger partial charge >= 0.3 is 0 Å². The Labute approximate surface area is 318 Å². The molecule has 1 heterocycles. The molecule has 5 aromatic carbocycles. The summed E-state index contributed by atoms with van der Waals surface area (Å²) in [6.07, 6.45) is -5.76. The van der Waals surface area contributed by atoms with E-state index in [-0.39, 0.29) is 46.2 Å². The minimum absolute atomic E-state index is 0.0162. The van der Waals surface area contributed by atoms with Crippen LogP contribution in [0.25, 0.3) is 0 Å². The van der Waals surface area contributed by atoms with Crippen LogP contribution in [0.5, 0.6) is 0 Å². The lowest BCUT2D eigenvalue weighted by Gasteiger charge is -2.34. The van der Waals surface area contributed by atoms with E-state index in [9.17, 15) is 10.2 Å². The van der Waals surface area contributed by atoms with E-state index in [1.54, 1.807) is 0 Å². The van der Waals surface area contributed by atoms with Crippen molar-refractivity contribution in [3.63, 3.8) is 0 Å². The average Bonchev–Trinajstić information content (AvgIpc) is 3.53. The fourth-order valence-electron chi connectivity index (χ4n) is 6.24. The summed E-state index contributed by atoms with van der Waals surface area (Å²) in [6, 6.07) is 49.0. The molecular formula is C45H50O9. The molecule has 0 saturated carbocycles. The van der Waals surface area contributed by atoms with Gasteiger partial charge in [-0.3, -0.25) is 0 Å². The Balaban J connectivity index is 1.21. The van der Waals surface area contributed by atoms with Gasteiger partial charge in [0, 0.05) is 0 Å². The van der Waals surface area contributed by atoms with Crippen LogP contribution in [0.1, 0.15) is 27.8 Å². The molecule has 0 spiro atoms. The lowest BCUT2D eigenvalue weighted by atomic mass is 10.1. The van der Waals surface area contributed by atoms with Gasteiger partial charge in [0.2, 0.25) is 0 Å². The van der Waals surface area contributed by atoms with Crippen LogP contribution in [0.3, 0.4) is 0 Å². The summed E-state index contributed by atoms with van der Waals surface area (Å²) in [6.45, 7) is 1.20. The van der Waals surface area contributed by atoms with Gasteiger partial charge in [-0.1, -0.05) is 152 Å². The minimum atomic E-state index is -1.03. The first-order valence-corrected chi connectivity index (χ1v) is 18.5. The quantitative estimate of drug-likeness (QED) is 0.0810. The maximum atomic E-state index is 11.5. The first kappa shape index (κ1) is 39.4. The van der Waals surface area contributed by atoms with E-state index in [0.29, 0.717) is 6.61 Å². The maximum Gasteiger partial charge on any atom is 0.187 e. The van der Waals surface area contributed by atoms with E-state index in [1.165, 1.54) is 0 Å². The second-order valence-electron chi connectivity index (χ2n) is 13.2. The summed E-state index contributed by atoms with van der Waals surface area (Å²) in [7, 11) is 0. The second kappa shape index (κ2) is 21.6.